The van der Waals surface area contributed by atoms with Crippen LogP contribution in [0.15, 0.2) is 18.3 Å². The molecule has 5 nitrogen and oxygen atoms in total. The number of rotatable bonds is 3. The molecule has 0 saturated carbocycles. The summed E-state index contributed by atoms with van der Waals surface area (Å²) in [6.07, 6.45) is 1.03. The number of aromatic hydroxyl groups is 1. The number of hydrogen-bond donors (Lipinski definition) is 3. The SMILES string of the molecule is C[C@](N)(CC(=O)O)c1ccc(O)cn1. The highest BCUT2D eigenvalue weighted by atomic mass is 16.4. The van der Waals surface area contributed by atoms with Crippen molar-refractivity contribution in [2.24, 2.45) is 5.73 Å². The van der Waals surface area contributed by atoms with Gasteiger partial charge < -0.3 is 15.9 Å². The van der Waals surface area contributed by atoms with Crippen molar-refractivity contribution in [1.29, 1.82) is 0 Å². The zero-order chi connectivity index (χ0) is 10.8. The van der Waals surface area contributed by atoms with E-state index in [1.54, 1.807) is 6.92 Å². The lowest BCUT2D eigenvalue weighted by atomic mass is 9.94. The summed E-state index contributed by atoms with van der Waals surface area (Å²) in [6, 6.07) is 2.94. The molecule has 14 heavy (non-hydrogen) atoms. The van der Waals surface area contributed by atoms with Gasteiger partial charge in [0, 0.05) is 0 Å². The molecule has 4 N–H and O–H groups in total. The molecular formula is C9H12N2O3. The maximum atomic E-state index is 10.5. The van der Waals surface area contributed by atoms with E-state index < -0.39 is 11.5 Å². The lowest BCUT2D eigenvalue weighted by molar-refractivity contribution is -0.138. The van der Waals surface area contributed by atoms with Crippen molar-refractivity contribution in [3.05, 3.63) is 24.0 Å². The number of nitrogens with zero attached hydrogens (tertiary/aromatic N) is 1. The number of hydrogen-bond acceptors (Lipinski definition) is 4. The van der Waals surface area contributed by atoms with Crippen molar-refractivity contribution >= 4 is 5.97 Å². The molecule has 0 fully saturated rings. The predicted molar refractivity (Wildman–Crippen MR) is 49.7 cm³/mol. The average Bonchev–Trinajstić information content (AvgIpc) is 2.02. The highest BCUT2D eigenvalue weighted by Crippen LogP contribution is 2.20. The first-order valence-electron chi connectivity index (χ1n) is 4.08. The Balaban J connectivity index is 2.91. The first-order chi connectivity index (χ1) is 6.42. The second-order valence-electron chi connectivity index (χ2n) is 3.39. The van der Waals surface area contributed by atoms with E-state index in [0.29, 0.717) is 5.69 Å². The Kier molecular flexibility index (Phi) is 2.71. The zero-order valence-corrected chi connectivity index (χ0v) is 7.77. The monoisotopic (exact) mass is 196 g/mol. The molecule has 1 atom stereocenters. The van der Waals surface area contributed by atoms with Crippen LogP contribution in [0, 0.1) is 0 Å². The van der Waals surface area contributed by atoms with Crippen molar-refractivity contribution in [3.63, 3.8) is 0 Å². The Hall–Kier alpha value is -1.62. The number of carboxylic acids is 1. The summed E-state index contributed by atoms with van der Waals surface area (Å²) in [7, 11) is 0. The topological polar surface area (TPSA) is 96.4 Å². The molecule has 0 bridgehead atoms. The fourth-order valence-corrected chi connectivity index (χ4v) is 1.13. The minimum atomic E-state index is -1.01. The minimum Gasteiger partial charge on any atom is -0.506 e. The lowest BCUT2D eigenvalue weighted by Gasteiger charge is -2.21. The van der Waals surface area contributed by atoms with E-state index in [1.165, 1.54) is 18.3 Å². The van der Waals surface area contributed by atoms with Crippen molar-refractivity contribution in [3.8, 4) is 5.75 Å². The standard InChI is InChI=1S/C9H12N2O3/c1-9(10,4-8(13)14)7-3-2-6(12)5-11-7/h2-3,5,12H,4,10H2,1H3,(H,13,14)/t9-/m0/s1. The van der Waals surface area contributed by atoms with Crippen LogP contribution in [0.5, 0.6) is 5.75 Å². The van der Waals surface area contributed by atoms with Crippen LogP contribution >= 0.6 is 0 Å². The fourth-order valence-electron chi connectivity index (χ4n) is 1.13. The smallest absolute Gasteiger partial charge is 0.305 e. The molecule has 1 aromatic rings. The van der Waals surface area contributed by atoms with Crippen molar-refractivity contribution in [2.45, 2.75) is 18.9 Å². The Bertz CT molecular complexity index is 332. The maximum absolute atomic E-state index is 10.5. The Morgan fingerprint density at radius 3 is 2.71 bits per heavy atom. The zero-order valence-electron chi connectivity index (χ0n) is 7.77. The van der Waals surface area contributed by atoms with Gasteiger partial charge in [0.05, 0.1) is 23.9 Å². The summed E-state index contributed by atoms with van der Waals surface area (Å²) in [6.45, 7) is 1.58. The van der Waals surface area contributed by atoms with E-state index >= 15 is 0 Å². The van der Waals surface area contributed by atoms with E-state index in [-0.39, 0.29) is 12.2 Å². The van der Waals surface area contributed by atoms with Crippen LogP contribution in [-0.2, 0) is 10.3 Å². The van der Waals surface area contributed by atoms with Gasteiger partial charge in [0.1, 0.15) is 5.75 Å². The van der Waals surface area contributed by atoms with Crippen molar-refractivity contribution in [2.75, 3.05) is 0 Å². The molecule has 1 aromatic heterocycles. The number of aromatic nitrogens is 1. The summed E-state index contributed by atoms with van der Waals surface area (Å²) in [5.74, 6) is -0.954. The van der Waals surface area contributed by atoms with Crippen LogP contribution in [0.3, 0.4) is 0 Å². The second kappa shape index (κ2) is 3.63. The van der Waals surface area contributed by atoms with Crippen LogP contribution in [0.1, 0.15) is 19.0 Å². The molecule has 0 amide bonds. The summed E-state index contributed by atoms with van der Waals surface area (Å²) in [5, 5.41) is 17.6. The molecular weight excluding hydrogens is 184 g/mol. The molecule has 1 heterocycles. The van der Waals surface area contributed by atoms with E-state index in [0.717, 1.165) is 0 Å². The van der Waals surface area contributed by atoms with Gasteiger partial charge in [-0.3, -0.25) is 9.78 Å². The van der Waals surface area contributed by atoms with Gasteiger partial charge in [-0.15, -0.1) is 0 Å². The van der Waals surface area contributed by atoms with Gasteiger partial charge in [-0.25, -0.2) is 0 Å². The summed E-state index contributed by atoms with van der Waals surface area (Å²) in [5.41, 5.74) is 5.19. The number of nitrogens with two attached hydrogens (primary N) is 1. The minimum absolute atomic E-state index is 0.0277. The summed E-state index contributed by atoms with van der Waals surface area (Å²) < 4.78 is 0. The number of aliphatic carboxylic acids is 1. The first kappa shape index (κ1) is 10.5. The highest BCUT2D eigenvalue weighted by Gasteiger charge is 2.25. The Morgan fingerprint density at radius 2 is 2.29 bits per heavy atom. The van der Waals surface area contributed by atoms with Crippen LogP contribution < -0.4 is 5.73 Å². The van der Waals surface area contributed by atoms with Gasteiger partial charge >= 0.3 is 5.97 Å². The third-order valence-electron chi connectivity index (χ3n) is 1.85. The van der Waals surface area contributed by atoms with Gasteiger partial charge in [-0.1, -0.05) is 0 Å². The van der Waals surface area contributed by atoms with Gasteiger partial charge in [0.2, 0.25) is 0 Å². The third-order valence-corrected chi connectivity index (χ3v) is 1.85. The molecule has 0 aliphatic carbocycles. The van der Waals surface area contributed by atoms with Crippen LogP contribution in [-0.4, -0.2) is 21.2 Å². The lowest BCUT2D eigenvalue weighted by Crippen LogP contribution is -2.36. The third kappa shape index (κ3) is 2.43. The predicted octanol–water partition coefficient (Wildman–Crippen LogP) is 0.436. The molecule has 0 radical (unpaired) electrons. The normalized spacial score (nSPS) is 14.7. The largest absolute Gasteiger partial charge is 0.506 e. The van der Waals surface area contributed by atoms with Gasteiger partial charge in [0.25, 0.3) is 0 Å². The Morgan fingerprint density at radius 1 is 1.64 bits per heavy atom. The van der Waals surface area contributed by atoms with E-state index in [2.05, 4.69) is 4.98 Å². The van der Waals surface area contributed by atoms with Crippen molar-refractivity contribution in [1.82, 2.24) is 4.98 Å². The van der Waals surface area contributed by atoms with Gasteiger partial charge in [0.15, 0.2) is 0 Å². The number of pyridine rings is 1. The molecule has 76 valence electrons. The maximum Gasteiger partial charge on any atom is 0.305 e. The summed E-state index contributed by atoms with van der Waals surface area (Å²) in [4.78, 5) is 14.4. The number of carboxylic acid groups (broad SMARTS) is 1. The highest BCUT2D eigenvalue weighted by molar-refractivity contribution is 5.68. The molecule has 0 aliphatic heterocycles. The van der Waals surface area contributed by atoms with Crippen LogP contribution in [0.25, 0.3) is 0 Å². The fraction of sp³-hybridized carbons (Fsp3) is 0.333. The Labute approximate surface area is 81.2 Å². The van der Waals surface area contributed by atoms with E-state index in [1.807, 2.05) is 0 Å². The molecule has 1 rings (SSSR count). The van der Waals surface area contributed by atoms with E-state index in [4.69, 9.17) is 15.9 Å². The van der Waals surface area contributed by atoms with Crippen LogP contribution in [0.4, 0.5) is 0 Å². The first-order valence-corrected chi connectivity index (χ1v) is 4.08. The van der Waals surface area contributed by atoms with Crippen molar-refractivity contribution < 1.29 is 15.0 Å². The molecule has 5 heteroatoms. The molecule has 0 unspecified atom stereocenters. The van der Waals surface area contributed by atoms with Gasteiger partial charge in [-0.05, 0) is 19.1 Å². The average molecular weight is 196 g/mol. The van der Waals surface area contributed by atoms with E-state index in [9.17, 15) is 4.79 Å². The molecule has 0 aromatic carbocycles. The molecule has 0 saturated heterocycles. The summed E-state index contributed by atoms with van der Waals surface area (Å²) >= 11 is 0. The molecule has 0 aliphatic rings. The number of carbonyl (C=O) groups is 1. The second-order valence-corrected chi connectivity index (χ2v) is 3.39. The molecule has 0 spiro atoms. The quantitative estimate of drug-likeness (QED) is 0.651. The van der Waals surface area contributed by atoms with Crippen LogP contribution in [0.2, 0.25) is 0 Å². The van der Waals surface area contributed by atoms with Gasteiger partial charge in [-0.2, -0.15) is 0 Å².